The number of nitrogens with one attached hydrogen (secondary N) is 1. The number of benzene rings is 2. The van der Waals surface area contributed by atoms with Crippen LogP contribution in [0.4, 0.5) is 5.69 Å². The van der Waals surface area contributed by atoms with Crippen molar-refractivity contribution in [3.63, 3.8) is 0 Å². The van der Waals surface area contributed by atoms with Crippen molar-refractivity contribution in [2.75, 3.05) is 11.3 Å². The summed E-state index contributed by atoms with van der Waals surface area (Å²) in [5, 5.41) is 0. The Balaban J connectivity index is 2.31. The van der Waals surface area contributed by atoms with Crippen molar-refractivity contribution in [3.05, 3.63) is 59.2 Å². The maximum Gasteiger partial charge on any atom is 0.338 e. The summed E-state index contributed by atoms with van der Waals surface area (Å²) in [6, 6.07) is 11.5. The highest BCUT2D eigenvalue weighted by atomic mass is 32.2. The number of carbonyl (C=O) groups is 1. The van der Waals surface area contributed by atoms with Gasteiger partial charge in [0, 0.05) is 0 Å². The summed E-state index contributed by atoms with van der Waals surface area (Å²) >= 11 is 0. The molecule has 2 aromatic carbocycles. The number of hydrogen-bond donors (Lipinski definition) is 1. The van der Waals surface area contributed by atoms with E-state index in [1.807, 2.05) is 6.92 Å². The van der Waals surface area contributed by atoms with Gasteiger partial charge in [-0.25, -0.2) is 13.2 Å². The van der Waals surface area contributed by atoms with E-state index in [2.05, 4.69) is 4.72 Å². The molecule has 5 nitrogen and oxygen atoms in total. The fourth-order valence-corrected chi connectivity index (χ4v) is 3.30. The highest BCUT2D eigenvalue weighted by Crippen LogP contribution is 2.22. The minimum atomic E-state index is -3.72. The van der Waals surface area contributed by atoms with E-state index in [0.717, 1.165) is 17.5 Å². The van der Waals surface area contributed by atoms with Gasteiger partial charge in [0.05, 0.1) is 22.8 Å². The summed E-state index contributed by atoms with van der Waals surface area (Å²) < 4.78 is 32.6. The van der Waals surface area contributed by atoms with Gasteiger partial charge in [0.25, 0.3) is 10.0 Å². The molecule has 0 radical (unpaired) electrons. The quantitative estimate of drug-likeness (QED) is 0.811. The lowest BCUT2D eigenvalue weighted by molar-refractivity contribution is 0.0526. The van der Waals surface area contributed by atoms with Gasteiger partial charge in [-0.3, -0.25) is 4.72 Å². The maximum absolute atomic E-state index is 12.5. The summed E-state index contributed by atoms with van der Waals surface area (Å²) in [6.07, 6.45) is 0.842. The first-order valence-electron chi connectivity index (χ1n) is 7.77. The highest BCUT2D eigenvalue weighted by Gasteiger charge is 2.17. The molecule has 0 aromatic heterocycles. The second-order valence-electron chi connectivity index (χ2n) is 5.35. The number of anilines is 1. The van der Waals surface area contributed by atoms with Crippen molar-refractivity contribution in [3.8, 4) is 0 Å². The molecule has 0 saturated heterocycles. The SMILES string of the molecule is CCOC(=O)c1ccc(C)c(NS(=O)(=O)c2ccc(CC)cc2)c1. The third-order valence-electron chi connectivity index (χ3n) is 3.63. The summed E-state index contributed by atoms with van der Waals surface area (Å²) in [6.45, 7) is 5.76. The lowest BCUT2D eigenvalue weighted by Crippen LogP contribution is -2.14. The molecule has 0 amide bonds. The Hall–Kier alpha value is -2.34. The topological polar surface area (TPSA) is 72.5 Å². The van der Waals surface area contributed by atoms with Crippen LogP contribution in [0.2, 0.25) is 0 Å². The van der Waals surface area contributed by atoms with Crippen molar-refractivity contribution in [1.29, 1.82) is 0 Å². The van der Waals surface area contributed by atoms with Crippen LogP contribution < -0.4 is 4.72 Å². The molecule has 1 N–H and O–H groups in total. The smallest absolute Gasteiger partial charge is 0.338 e. The number of hydrogen-bond acceptors (Lipinski definition) is 4. The van der Waals surface area contributed by atoms with Crippen molar-refractivity contribution < 1.29 is 17.9 Å². The zero-order chi connectivity index (χ0) is 17.7. The predicted octanol–water partition coefficient (Wildman–Crippen LogP) is 3.53. The van der Waals surface area contributed by atoms with Crippen LogP contribution >= 0.6 is 0 Å². The average Bonchev–Trinajstić information content (AvgIpc) is 2.57. The molecule has 2 rings (SSSR count). The first-order valence-corrected chi connectivity index (χ1v) is 9.25. The van der Waals surface area contributed by atoms with Crippen molar-refractivity contribution >= 4 is 21.7 Å². The number of ether oxygens (including phenoxy) is 1. The minimum Gasteiger partial charge on any atom is -0.462 e. The standard InChI is InChI=1S/C18H21NO4S/c1-4-14-7-10-16(11-8-14)24(21,22)19-17-12-15(9-6-13(17)3)18(20)23-5-2/h6-12,19H,4-5H2,1-3H3. The number of sulfonamides is 1. The molecule has 0 saturated carbocycles. The summed E-state index contributed by atoms with van der Waals surface area (Å²) in [5.74, 6) is -0.481. The number of rotatable bonds is 6. The molecule has 0 atom stereocenters. The van der Waals surface area contributed by atoms with Crippen LogP contribution in [0.1, 0.15) is 35.3 Å². The van der Waals surface area contributed by atoms with E-state index in [1.54, 1.807) is 50.2 Å². The molecule has 0 unspecified atom stereocenters. The zero-order valence-corrected chi connectivity index (χ0v) is 14.8. The van der Waals surface area contributed by atoms with Crippen LogP contribution in [0.25, 0.3) is 0 Å². The van der Waals surface area contributed by atoms with Gasteiger partial charge in [-0.05, 0) is 55.7 Å². The first-order chi connectivity index (χ1) is 11.4. The van der Waals surface area contributed by atoms with E-state index in [1.165, 1.54) is 6.07 Å². The fraction of sp³-hybridized carbons (Fsp3) is 0.278. The minimum absolute atomic E-state index is 0.181. The molecule has 6 heteroatoms. The number of carbonyl (C=O) groups excluding carboxylic acids is 1. The molecule has 0 heterocycles. The maximum atomic E-state index is 12.5. The fourth-order valence-electron chi connectivity index (χ4n) is 2.18. The lowest BCUT2D eigenvalue weighted by Gasteiger charge is -2.12. The normalized spacial score (nSPS) is 11.1. The van der Waals surface area contributed by atoms with E-state index in [0.29, 0.717) is 11.3 Å². The number of esters is 1. The van der Waals surface area contributed by atoms with Gasteiger partial charge in [0.1, 0.15) is 0 Å². The van der Waals surface area contributed by atoms with Gasteiger partial charge >= 0.3 is 5.97 Å². The molecule has 24 heavy (non-hydrogen) atoms. The van der Waals surface area contributed by atoms with Crippen LogP contribution in [-0.4, -0.2) is 21.0 Å². The Bertz CT molecular complexity index is 827. The second kappa shape index (κ2) is 7.49. The Labute approximate surface area is 142 Å². The summed E-state index contributed by atoms with van der Waals surface area (Å²) in [4.78, 5) is 12.0. The molecular weight excluding hydrogens is 326 g/mol. The van der Waals surface area contributed by atoms with Gasteiger partial charge in [-0.15, -0.1) is 0 Å². The third kappa shape index (κ3) is 4.14. The van der Waals surface area contributed by atoms with E-state index in [4.69, 9.17) is 4.74 Å². The van der Waals surface area contributed by atoms with Gasteiger partial charge in [-0.2, -0.15) is 0 Å². The molecule has 2 aromatic rings. The zero-order valence-electron chi connectivity index (χ0n) is 14.0. The van der Waals surface area contributed by atoms with Crippen LogP contribution in [0.5, 0.6) is 0 Å². The first kappa shape index (κ1) is 18.0. The molecule has 0 aliphatic rings. The Morgan fingerprint density at radius 3 is 2.33 bits per heavy atom. The second-order valence-corrected chi connectivity index (χ2v) is 7.04. The van der Waals surface area contributed by atoms with Crippen molar-refractivity contribution in [2.24, 2.45) is 0 Å². The number of aryl methyl sites for hydroxylation is 2. The molecule has 0 spiro atoms. The van der Waals surface area contributed by atoms with Crippen molar-refractivity contribution in [2.45, 2.75) is 32.1 Å². The Kier molecular flexibility index (Phi) is 5.62. The predicted molar refractivity (Wildman–Crippen MR) is 93.8 cm³/mol. The summed E-state index contributed by atoms with van der Waals surface area (Å²) in [7, 11) is -3.72. The van der Waals surface area contributed by atoms with Crippen LogP contribution in [-0.2, 0) is 21.2 Å². The van der Waals surface area contributed by atoms with E-state index in [-0.39, 0.29) is 11.5 Å². The molecule has 0 fully saturated rings. The van der Waals surface area contributed by atoms with Crippen LogP contribution in [0, 0.1) is 6.92 Å². The van der Waals surface area contributed by atoms with E-state index < -0.39 is 16.0 Å². The molecule has 0 aliphatic carbocycles. The monoisotopic (exact) mass is 347 g/mol. The summed E-state index contributed by atoms with van der Waals surface area (Å²) in [5.41, 5.74) is 2.45. The third-order valence-corrected chi connectivity index (χ3v) is 5.02. The highest BCUT2D eigenvalue weighted by molar-refractivity contribution is 7.92. The van der Waals surface area contributed by atoms with Gasteiger partial charge in [0.15, 0.2) is 0 Å². The van der Waals surface area contributed by atoms with Crippen LogP contribution in [0.3, 0.4) is 0 Å². The Morgan fingerprint density at radius 2 is 1.75 bits per heavy atom. The Morgan fingerprint density at radius 1 is 1.08 bits per heavy atom. The van der Waals surface area contributed by atoms with Crippen LogP contribution in [0.15, 0.2) is 47.4 Å². The lowest BCUT2D eigenvalue weighted by atomic mass is 10.1. The largest absolute Gasteiger partial charge is 0.462 e. The van der Waals surface area contributed by atoms with E-state index >= 15 is 0 Å². The van der Waals surface area contributed by atoms with E-state index in [9.17, 15) is 13.2 Å². The molecule has 128 valence electrons. The van der Waals surface area contributed by atoms with Gasteiger partial charge in [0.2, 0.25) is 0 Å². The van der Waals surface area contributed by atoms with Gasteiger partial charge in [-0.1, -0.05) is 25.1 Å². The molecular formula is C18H21NO4S. The van der Waals surface area contributed by atoms with Crippen molar-refractivity contribution in [1.82, 2.24) is 0 Å². The average molecular weight is 347 g/mol. The molecule has 0 bridgehead atoms. The molecule has 0 aliphatic heterocycles. The van der Waals surface area contributed by atoms with Gasteiger partial charge < -0.3 is 4.74 Å².